The molecule has 0 fully saturated rings. The molecule has 0 saturated heterocycles. The van der Waals surface area contributed by atoms with Crippen LogP contribution in [-0.2, 0) is 4.79 Å². The third kappa shape index (κ3) is 7.76. The highest BCUT2D eigenvalue weighted by Gasteiger charge is 2.15. The van der Waals surface area contributed by atoms with Crippen LogP contribution in [0.5, 0.6) is 0 Å². The van der Waals surface area contributed by atoms with Gasteiger partial charge in [0.1, 0.15) is 0 Å². The first kappa shape index (κ1) is 20.6. The SMILES string of the molecule is C#C/C=C(\N)C1C=CC=C(NC(=O)CCC/C=C\C(=C)C(C)(C)C)C1. The Kier molecular flexibility index (Phi) is 8.01. The van der Waals surface area contributed by atoms with Crippen LogP contribution in [0.1, 0.15) is 46.5 Å². The van der Waals surface area contributed by atoms with Gasteiger partial charge in [0.2, 0.25) is 5.91 Å². The van der Waals surface area contributed by atoms with E-state index in [9.17, 15) is 4.79 Å². The molecule has 0 aliphatic heterocycles. The lowest BCUT2D eigenvalue weighted by molar-refractivity contribution is -0.120. The molecule has 25 heavy (non-hydrogen) atoms. The van der Waals surface area contributed by atoms with Gasteiger partial charge in [-0.3, -0.25) is 4.79 Å². The number of amides is 1. The van der Waals surface area contributed by atoms with E-state index in [2.05, 4.69) is 50.7 Å². The molecule has 1 aliphatic carbocycles. The van der Waals surface area contributed by atoms with E-state index in [1.54, 1.807) is 6.08 Å². The van der Waals surface area contributed by atoms with Gasteiger partial charge in [-0.2, -0.15) is 0 Å². The van der Waals surface area contributed by atoms with Gasteiger partial charge < -0.3 is 11.1 Å². The number of nitrogens with two attached hydrogens (primary N) is 1. The van der Waals surface area contributed by atoms with Gasteiger partial charge in [-0.05, 0) is 30.8 Å². The number of hydrogen-bond donors (Lipinski definition) is 2. The Morgan fingerprint density at radius 1 is 1.52 bits per heavy atom. The number of allylic oxidation sites excluding steroid dienone is 8. The highest BCUT2D eigenvalue weighted by atomic mass is 16.1. The van der Waals surface area contributed by atoms with E-state index in [-0.39, 0.29) is 17.2 Å². The van der Waals surface area contributed by atoms with Gasteiger partial charge in [0.15, 0.2) is 0 Å². The summed E-state index contributed by atoms with van der Waals surface area (Å²) >= 11 is 0. The predicted octanol–water partition coefficient (Wildman–Crippen LogP) is 4.37. The molecule has 0 heterocycles. The number of carbonyl (C=O) groups is 1. The monoisotopic (exact) mass is 338 g/mol. The van der Waals surface area contributed by atoms with Gasteiger partial charge >= 0.3 is 0 Å². The Hall–Kier alpha value is -2.47. The number of carbonyl (C=O) groups excluding carboxylic acids is 1. The van der Waals surface area contributed by atoms with E-state index in [0.717, 1.165) is 24.1 Å². The van der Waals surface area contributed by atoms with E-state index in [0.29, 0.717) is 18.5 Å². The van der Waals surface area contributed by atoms with Crippen molar-refractivity contribution in [3.8, 4) is 12.3 Å². The van der Waals surface area contributed by atoms with Crippen molar-refractivity contribution in [2.75, 3.05) is 0 Å². The first-order chi connectivity index (χ1) is 11.7. The fraction of sp³-hybridized carbons (Fsp3) is 0.409. The van der Waals surface area contributed by atoms with Gasteiger partial charge in [0.05, 0.1) is 0 Å². The van der Waals surface area contributed by atoms with E-state index < -0.39 is 0 Å². The topological polar surface area (TPSA) is 55.1 Å². The maximum Gasteiger partial charge on any atom is 0.224 e. The Morgan fingerprint density at radius 3 is 2.88 bits per heavy atom. The van der Waals surface area contributed by atoms with E-state index in [1.165, 1.54) is 0 Å². The van der Waals surface area contributed by atoms with Crippen molar-refractivity contribution in [1.29, 1.82) is 0 Å². The minimum atomic E-state index is 0.0304. The van der Waals surface area contributed by atoms with Crippen LogP contribution in [0.3, 0.4) is 0 Å². The van der Waals surface area contributed by atoms with Crippen molar-refractivity contribution in [3.05, 3.63) is 60.0 Å². The quantitative estimate of drug-likeness (QED) is 0.411. The summed E-state index contributed by atoms with van der Waals surface area (Å²) in [4.78, 5) is 12.1. The summed E-state index contributed by atoms with van der Waals surface area (Å²) in [5.41, 5.74) is 8.63. The normalized spacial score (nSPS) is 17.9. The molecule has 0 radical (unpaired) electrons. The highest BCUT2D eigenvalue weighted by molar-refractivity contribution is 5.77. The minimum Gasteiger partial charge on any atom is -0.401 e. The lowest BCUT2D eigenvalue weighted by Gasteiger charge is -2.19. The molecule has 1 unspecified atom stereocenters. The molecule has 0 saturated carbocycles. The zero-order chi connectivity index (χ0) is 18.9. The number of nitrogens with one attached hydrogen (secondary N) is 1. The van der Waals surface area contributed by atoms with Gasteiger partial charge in [0.25, 0.3) is 0 Å². The van der Waals surface area contributed by atoms with Crippen LogP contribution < -0.4 is 11.1 Å². The molecule has 134 valence electrons. The zero-order valence-corrected chi connectivity index (χ0v) is 15.6. The Balaban J connectivity index is 2.36. The summed E-state index contributed by atoms with van der Waals surface area (Å²) in [5.74, 6) is 2.51. The molecule has 0 aromatic heterocycles. The lowest BCUT2D eigenvalue weighted by atomic mass is 9.87. The van der Waals surface area contributed by atoms with E-state index in [4.69, 9.17) is 12.2 Å². The number of terminal acetylenes is 1. The molecule has 3 heteroatoms. The standard InChI is InChI=1S/C22H30N2O/c1-6-11-20(23)18-13-10-14-19(16-18)24-21(25)15-9-7-8-12-17(2)22(3,4)5/h1,8,10-14,18H,2,7,9,15-16,23H2,3-5H3,(H,24,25)/b12-8-,20-11-. The fourth-order valence-corrected chi connectivity index (χ4v) is 2.30. The third-order valence-corrected chi connectivity index (χ3v) is 4.12. The molecule has 1 rings (SSSR count). The summed E-state index contributed by atoms with van der Waals surface area (Å²) < 4.78 is 0. The second-order valence-electron chi connectivity index (χ2n) is 7.32. The third-order valence-electron chi connectivity index (χ3n) is 4.12. The van der Waals surface area contributed by atoms with Crippen LogP contribution in [0.25, 0.3) is 0 Å². The molecule has 3 nitrogen and oxygen atoms in total. The average molecular weight is 338 g/mol. The maximum atomic E-state index is 12.1. The summed E-state index contributed by atoms with van der Waals surface area (Å²) in [5, 5.41) is 2.96. The highest BCUT2D eigenvalue weighted by Crippen LogP contribution is 2.24. The Labute approximate surface area is 152 Å². The van der Waals surface area contributed by atoms with Crippen LogP contribution >= 0.6 is 0 Å². The van der Waals surface area contributed by atoms with Gasteiger partial charge in [0, 0.05) is 29.8 Å². The first-order valence-corrected chi connectivity index (χ1v) is 8.69. The first-order valence-electron chi connectivity index (χ1n) is 8.69. The lowest BCUT2D eigenvalue weighted by Crippen LogP contribution is -2.25. The molecule has 1 amide bonds. The minimum absolute atomic E-state index is 0.0304. The fourth-order valence-electron chi connectivity index (χ4n) is 2.30. The predicted molar refractivity (Wildman–Crippen MR) is 106 cm³/mol. The van der Waals surface area contributed by atoms with Crippen molar-refractivity contribution >= 4 is 5.91 Å². The molecule has 0 bridgehead atoms. The van der Waals surface area contributed by atoms with Crippen molar-refractivity contribution in [1.82, 2.24) is 5.32 Å². The van der Waals surface area contributed by atoms with Gasteiger partial charge in [-0.15, -0.1) is 6.42 Å². The molecular weight excluding hydrogens is 308 g/mol. The molecular formula is C22H30N2O. The average Bonchev–Trinajstić information content (AvgIpc) is 2.54. The Bertz CT molecular complexity index is 648. The van der Waals surface area contributed by atoms with Crippen LogP contribution in [-0.4, -0.2) is 5.91 Å². The van der Waals surface area contributed by atoms with Crippen LogP contribution in [0, 0.1) is 23.7 Å². The van der Waals surface area contributed by atoms with Crippen molar-refractivity contribution in [2.45, 2.75) is 46.5 Å². The molecule has 1 atom stereocenters. The van der Waals surface area contributed by atoms with E-state index >= 15 is 0 Å². The summed E-state index contributed by atoms with van der Waals surface area (Å²) in [6.07, 6.45) is 19.6. The number of rotatable bonds is 7. The molecule has 0 aromatic carbocycles. The van der Waals surface area contributed by atoms with Crippen LogP contribution in [0.2, 0.25) is 0 Å². The van der Waals surface area contributed by atoms with Crippen molar-refractivity contribution < 1.29 is 4.79 Å². The van der Waals surface area contributed by atoms with Gasteiger partial charge in [-0.1, -0.05) is 63.1 Å². The number of unbranched alkanes of at least 4 members (excludes halogenated alkanes) is 1. The smallest absolute Gasteiger partial charge is 0.224 e. The van der Waals surface area contributed by atoms with E-state index in [1.807, 2.05) is 18.2 Å². The second-order valence-corrected chi connectivity index (χ2v) is 7.32. The molecule has 3 N–H and O–H groups in total. The van der Waals surface area contributed by atoms with Crippen molar-refractivity contribution in [2.24, 2.45) is 17.1 Å². The largest absolute Gasteiger partial charge is 0.401 e. The number of hydrogen-bond acceptors (Lipinski definition) is 2. The summed E-state index contributed by atoms with van der Waals surface area (Å²) in [6.45, 7) is 10.5. The van der Waals surface area contributed by atoms with Crippen LogP contribution in [0.15, 0.2) is 60.0 Å². The Morgan fingerprint density at radius 2 is 2.24 bits per heavy atom. The molecule has 0 aromatic rings. The molecule has 0 spiro atoms. The zero-order valence-electron chi connectivity index (χ0n) is 15.6. The summed E-state index contributed by atoms with van der Waals surface area (Å²) in [7, 11) is 0. The second kappa shape index (κ2) is 9.74. The van der Waals surface area contributed by atoms with Crippen LogP contribution in [0.4, 0.5) is 0 Å². The summed E-state index contributed by atoms with van der Waals surface area (Å²) in [6, 6.07) is 0. The van der Waals surface area contributed by atoms with Gasteiger partial charge in [-0.25, -0.2) is 0 Å². The maximum absolute atomic E-state index is 12.1. The molecule has 1 aliphatic rings. The van der Waals surface area contributed by atoms with Crippen molar-refractivity contribution in [3.63, 3.8) is 0 Å².